The third-order valence-corrected chi connectivity index (χ3v) is 2.88. The van der Waals surface area contributed by atoms with Crippen LogP contribution in [0.3, 0.4) is 0 Å². The maximum Gasteiger partial charge on any atom is 0.162 e. The fourth-order valence-corrected chi connectivity index (χ4v) is 1.61. The van der Waals surface area contributed by atoms with Crippen LogP contribution in [0.2, 0.25) is 0 Å². The van der Waals surface area contributed by atoms with Crippen LogP contribution in [0.1, 0.15) is 12.8 Å². The summed E-state index contributed by atoms with van der Waals surface area (Å²) in [6.45, 7) is -0.0146. The van der Waals surface area contributed by atoms with Gasteiger partial charge in [-0.15, -0.1) is 0 Å². The summed E-state index contributed by atoms with van der Waals surface area (Å²) in [6.07, 6.45) is 1.82. The zero-order valence-corrected chi connectivity index (χ0v) is 9.12. The molecule has 3 nitrogen and oxygen atoms in total. The molecule has 0 saturated heterocycles. The van der Waals surface area contributed by atoms with Crippen LogP contribution >= 0.6 is 0 Å². The number of benzene rings is 1. The molecule has 1 aliphatic carbocycles. The number of hydrogen-bond acceptors (Lipinski definition) is 3. The Bertz CT molecular complexity index is 468. The van der Waals surface area contributed by atoms with Crippen LogP contribution in [0, 0.1) is 28.9 Å². The molecular weight excluding hydrogens is 226 g/mol. The molecule has 2 N–H and O–H groups in total. The van der Waals surface area contributed by atoms with Crippen LogP contribution < -0.4 is 10.5 Å². The Hall–Kier alpha value is -1.67. The molecule has 1 fully saturated rings. The quantitative estimate of drug-likeness (QED) is 0.872. The van der Waals surface area contributed by atoms with Gasteiger partial charge in [-0.2, -0.15) is 5.26 Å². The molecule has 1 unspecified atom stereocenters. The standard InChI is InChI=1S/C12H12F2N2O/c13-10-4-3-9(5-11(10)14)17-7-12(16,6-15)8-1-2-8/h3-5,8H,1-2,7,16H2. The summed E-state index contributed by atoms with van der Waals surface area (Å²) in [4.78, 5) is 0. The summed E-state index contributed by atoms with van der Waals surface area (Å²) < 4.78 is 30.8. The first-order valence-electron chi connectivity index (χ1n) is 5.33. The molecule has 1 atom stereocenters. The van der Waals surface area contributed by atoms with Crippen molar-refractivity contribution in [3.8, 4) is 11.8 Å². The molecule has 0 aliphatic heterocycles. The van der Waals surface area contributed by atoms with Crippen molar-refractivity contribution in [2.24, 2.45) is 11.7 Å². The lowest BCUT2D eigenvalue weighted by atomic mass is 9.98. The molecule has 0 aromatic heterocycles. The molecule has 17 heavy (non-hydrogen) atoms. The third kappa shape index (κ3) is 2.53. The van der Waals surface area contributed by atoms with Crippen molar-refractivity contribution < 1.29 is 13.5 Å². The molecule has 0 bridgehead atoms. The lowest BCUT2D eigenvalue weighted by Crippen LogP contribution is -2.46. The van der Waals surface area contributed by atoms with Crippen LogP contribution in [-0.4, -0.2) is 12.1 Å². The predicted octanol–water partition coefficient (Wildman–Crippen LogP) is 1.97. The van der Waals surface area contributed by atoms with E-state index in [1.165, 1.54) is 6.07 Å². The zero-order valence-electron chi connectivity index (χ0n) is 9.12. The Morgan fingerprint density at radius 2 is 2.12 bits per heavy atom. The Morgan fingerprint density at radius 1 is 1.41 bits per heavy atom. The van der Waals surface area contributed by atoms with E-state index in [0.717, 1.165) is 25.0 Å². The van der Waals surface area contributed by atoms with Gasteiger partial charge in [0.2, 0.25) is 0 Å². The van der Waals surface area contributed by atoms with Crippen LogP contribution in [0.4, 0.5) is 8.78 Å². The van der Waals surface area contributed by atoms with E-state index < -0.39 is 17.2 Å². The third-order valence-electron chi connectivity index (χ3n) is 2.88. The molecule has 1 saturated carbocycles. The number of hydrogen-bond donors (Lipinski definition) is 1. The van der Waals surface area contributed by atoms with Gasteiger partial charge in [-0.05, 0) is 30.9 Å². The number of nitrogens with two attached hydrogens (primary N) is 1. The molecular formula is C12H12F2N2O. The number of ether oxygens (including phenoxy) is 1. The zero-order chi connectivity index (χ0) is 12.5. The summed E-state index contributed by atoms with van der Waals surface area (Å²) in [5.74, 6) is -1.60. The summed E-state index contributed by atoms with van der Waals surface area (Å²) in [7, 11) is 0. The maximum atomic E-state index is 12.9. The molecule has 0 radical (unpaired) electrons. The molecule has 1 aromatic rings. The van der Waals surface area contributed by atoms with Gasteiger partial charge in [-0.1, -0.05) is 0 Å². The van der Waals surface area contributed by atoms with Gasteiger partial charge in [0.25, 0.3) is 0 Å². The Balaban J connectivity index is 2.02. The van der Waals surface area contributed by atoms with Crippen molar-refractivity contribution in [3.63, 3.8) is 0 Å². The molecule has 90 valence electrons. The lowest BCUT2D eigenvalue weighted by molar-refractivity contribution is 0.235. The van der Waals surface area contributed by atoms with Crippen molar-refractivity contribution in [2.75, 3.05) is 6.61 Å². The highest BCUT2D eigenvalue weighted by atomic mass is 19.2. The molecule has 2 rings (SSSR count). The average Bonchev–Trinajstić information content (AvgIpc) is 3.14. The van der Waals surface area contributed by atoms with E-state index in [1.54, 1.807) is 0 Å². The van der Waals surface area contributed by atoms with Gasteiger partial charge in [-0.3, -0.25) is 0 Å². The predicted molar refractivity (Wildman–Crippen MR) is 57.1 cm³/mol. The lowest BCUT2D eigenvalue weighted by Gasteiger charge is -2.21. The smallest absolute Gasteiger partial charge is 0.162 e. The maximum absolute atomic E-state index is 12.9. The fourth-order valence-electron chi connectivity index (χ4n) is 1.61. The topological polar surface area (TPSA) is 59.0 Å². The van der Waals surface area contributed by atoms with Crippen LogP contribution in [-0.2, 0) is 0 Å². The Labute approximate surface area is 97.8 Å². The van der Waals surface area contributed by atoms with Crippen LogP contribution in [0.25, 0.3) is 0 Å². The summed E-state index contributed by atoms with van der Waals surface area (Å²) in [5, 5.41) is 8.98. The van der Waals surface area contributed by atoms with E-state index in [9.17, 15) is 8.78 Å². The van der Waals surface area contributed by atoms with E-state index >= 15 is 0 Å². The second-order valence-electron chi connectivity index (χ2n) is 4.29. The monoisotopic (exact) mass is 238 g/mol. The van der Waals surface area contributed by atoms with Crippen molar-refractivity contribution in [1.82, 2.24) is 0 Å². The van der Waals surface area contributed by atoms with Gasteiger partial charge in [-0.25, -0.2) is 8.78 Å². The second-order valence-corrected chi connectivity index (χ2v) is 4.29. The highest BCUT2D eigenvalue weighted by Gasteiger charge is 2.43. The molecule has 0 spiro atoms. The first-order valence-corrected chi connectivity index (χ1v) is 5.33. The highest BCUT2D eigenvalue weighted by molar-refractivity contribution is 5.24. The van der Waals surface area contributed by atoms with Crippen molar-refractivity contribution in [1.29, 1.82) is 5.26 Å². The molecule has 0 amide bonds. The van der Waals surface area contributed by atoms with Gasteiger partial charge in [0.15, 0.2) is 11.6 Å². The Morgan fingerprint density at radius 3 is 2.65 bits per heavy atom. The number of nitrogens with zero attached hydrogens (tertiary/aromatic N) is 1. The van der Waals surface area contributed by atoms with Crippen molar-refractivity contribution >= 4 is 0 Å². The Kier molecular flexibility index (Phi) is 2.99. The minimum Gasteiger partial charge on any atom is -0.490 e. The van der Waals surface area contributed by atoms with E-state index in [0.29, 0.717) is 0 Å². The van der Waals surface area contributed by atoms with Gasteiger partial charge in [0, 0.05) is 6.07 Å². The first-order chi connectivity index (χ1) is 8.05. The highest BCUT2D eigenvalue weighted by Crippen LogP contribution is 2.38. The minimum atomic E-state index is -1.04. The molecule has 1 aliphatic rings. The van der Waals surface area contributed by atoms with E-state index in [1.807, 2.05) is 6.07 Å². The number of nitriles is 1. The second kappa shape index (κ2) is 4.30. The van der Waals surface area contributed by atoms with Gasteiger partial charge in [0.1, 0.15) is 17.9 Å². The SMILES string of the molecule is N#CC(N)(COc1ccc(F)c(F)c1)C1CC1. The average molecular weight is 238 g/mol. The van der Waals surface area contributed by atoms with Gasteiger partial charge in [0.05, 0.1) is 6.07 Å². The largest absolute Gasteiger partial charge is 0.490 e. The van der Waals surface area contributed by atoms with E-state index in [4.69, 9.17) is 15.7 Å². The summed E-state index contributed by atoms with van der Waals surface area (Å²) >= 11 is 0. The van der Waals surface area contributed by atoms with Gasteiger partial charge >= 0.3 is 0 Å². The number of halogens is 2. The summed E-state index contributed by atoms with van der Waals surface area (Å²) in [5.41, 5.74) is 4.83. The van der Waals surface area contributed by atoms with E-state index in [2.05, 4.69) is 0 Å². The van der Waals surface area contributed by atoms with Crippen LogP contribution in [0.5, 0.6) is 5.75 Å². The fraction of sp³-hybridized carbons (Fsp3) is 0.417. The van der Waals surface area contributed by atoms with Gasteiger partial charge < -0.3 is 10.5 Å². The molecule has 5 heteroatoms. The van der Waals surface area contributed by atoms with Crippen molar-refractivity contribution in [3.05, 3.63) is 29.8 Å². The van der Waals surface area contributed by atoms with Crippen LogP contribution in [0.15, 0.2) is 18.2 Å². The summed E-state index contributed by atoms with van der Waals surface area (Å²) in [6, 6.07) is 5.25. The molecule has 0 heterocycles. The van der Waals surface area contributed by atoms with Crippen molar-refractivity contribution in [2.45, 2.75) is 18.4 Å². The molecule has 1 aromatic carbocycles. The first kappa shape index (κ1) is 11.8. The normalized spacial score (nSPS) is 18.2. The number of rotatable bonds is 4. The minimum absolute atomic E-state index is 0.0146. The van der Waals surface area contributed by atoms with E-state index in [-0.39, 0.29) is 18.3 Å².